The Bertz CT molecular complexity index is 1070. The van der Waals surface area contributed by atoms with Crippen LogP contribution in [0, 0.1) is 0 Å². The van der Waals surface area contributed by atoms with E-state index < -0.39 is 17.7 Å². The molecule has 30 heavy (non-hydrogen) atoms. The van der Waals surface area contributed by atoms with E-state index in [4.69, 9.17) is 39.0 Å². The molecule has 2 aromatic rings. The van der Waals surface area contributed by atoms with Gasteiger partial charge in [0.15, 0.2) is 11.7 Å². The summed E-state index contributed by atoms with van der Waals surface area (Å²) in [6.07, 6.45) is 1.39. The highest BCUT2D eigenvalue weighted by Crippen LogP contribution is 2.28. The Morgan fingerprint density at radius 2 is 1.93 bits per heavy atom. The van der Waals surface area contributed by atoms with Crippen LogP contribution in [0.1, 0.15) is 5.56 Å². The fourth-order valence-electron chi connectivity index (χ4n) is 2.66. The molecule has 1 aliphatic rings. The van der Waals surface area contributed by atoms with Gasteiger partial charge in [-0.25, -0.2) is 0 Å². The van der Waals surface area contributed by atoms with Crippen LogP contribution in [0.25, 0.3) is 6.08 Å². The first-order chi connectivity index (χ1) is 14.3. The number of hydrogen-bond donors (Lipinski definition) is 2. The number of anilines is 1. The summed E-state index contributed by atoms with van der Waals surface area (Å²) < 4.78 is 10.3. The van der Waals surface area contributed by atoms with Crippen LogP contribution in [-0.2, 0) is 14.4 Å². The minimum atomic E-state index is -0.642. The summed E-state index contributed by atoms with van der Waals surface area (Å²) in [7, 11) is 1.53. The zero-order valence-corrected chi connectivity index (χ0v) is 17.3. The van der Waals surface area contributed by atoms with Gasteiger partial charge < -0.3 is 15.2 Å². The van der Waals surface area contributed by atoms with Crippen LogP contribution in [0.2, 0.25) is 5.02 Å². The van der Waals surface area contributed by atoms with Gasteiger partial charge in [0.25, 0.3) is 17.7 Å². The van der Waals surface area contributed by atoms with Crippen molar-refractivity contribution in [2.75, 3.05) is 18.6 Å². The number of primary amides is 1. The number of rotatable bonds is 6. The normalized spacial score (nSPS) is 15.2. The molecule has 0 unspecified atom stereocenters. The van der Waals surface area contributed by atoms with E-state index in [-0.39, 0.29) is 28.1 Å². The Balaban J connectivity index is 1.90. The number of carbonyl (C=O) groups excluding carboxylic acids is 3. The average molecular weight is 446 g/mol. The second-order valence-corrected chi connectivity index (χ2v) is 6.89. The molecule has 0 spiro atoms. The highest BCUT2D eigenvalue weighted by atomic mass is 35.5. The second kappa shape index (κ2) is 8.93. The Morgan fingerprint density at radius 3 is 2.53 bits per heavy atom. The number of benzene rings is 2. The summed E-state index contributed by atoms with van der Waals surface area (Å²) in [6.45, 7) is -0.324. The maximum Gasteiger partial charge on any atom is 0.270 e. The number of nitrogens with zero attached hydrogens (tertiary/aromatic N) is 1. The van der Waals surface area contributed by atoms with Gasteiger partial charge in [-0.2, -0.15) is 0 Å². The van der Waals surface area contributed by atoms with Gasteiger partial charge in [0.05, 0.1) is 17.8 Å². The number of carbonyl (C=O) groups is 3. The first kappa shape index (κ1) is 21.3. The van der Waals surface area contributed by atoms with E-state index in [1.54, 1.807) is 30.3 Å². The molecule has 0 saturated carbocycles. The zero-order chi connectivity index (χ0) is 21.8. The van der Waals surface area contributed by atoms with Gasteiger partial charge in [0.1, 0.15) is 17.1 Å². The largest absolute Gasteiger partial charge is 0.497 e. The van der Waals surface area contributed by atoms with Gasteiger partial charge in [0.2, 0.25) is 0 Å². The molecule has 0 aliphatic carbocycles. The average Bonchev–Trinajstić information content (AvgIpc) is 2.70. The molecule has 1 heterocycles. The predicted octanol–water partition coefficient (Wildman–Crippen LogP) is 2.04. The third kappa shape index (κ3) is 4.58. The molecule has 8 nitrogen and oxygen atoms in total. The van der Waals surface area contributed by atoms with Crippen LogP contribution in [0.5, 0.6) is 11.5 Å². The zero-order valence-electron chi connectivity index (χ0n) is 15.7. The number of thiocarbonyl (C=S) groups is 1. The molecule has 0 radical (unpaired) electrons. The maximum absolute atomic E-state index is 13.0. The van der Waals surface area contributed by atoms with E-state index in [2.05, 4.69) is 5.32 Å². The molecular formula is C20H16ClN3O5S. The summed E-state index contributed by atoms with van der Waals surface area (Å²) in [6, 6.07) is 11.2. The van der Waals surface area contributed by atoms with Gasteiger partial charge in [0, 0.05) is 0 Å². The second-order valence-electron chi connectivity index (χ2n) is 6.10. The summed E-state index contributed by atoms with van der Waals surface area (Å²) in [4.78, 5) is 37.4. The van der Waals surface area contributed by atoms with Crippen LogP contribution in [0.4, 0.5) is 5.69 Å². The minimum absolute atomic E-state index is 0.0273. The lowest BCUT2D eigenvalue weighted by atomic mass is 10.1. The van der Waals surface area contributed by atoms with Gasteiger partial charge in [-0.1, -0.05) is 17.7 Å². The van der Waals surface area contributed by atoms with E-state index in [9.17, 15) is 14.4 Å². The van der Waals surface area contributed by atoms with E-state index in [0.29, 0.717) is 17.0 Å². The van der Waals surface area contributed by atoms with Gasteiger partial charge in [-0.05, 0) is 60.3 Å². The lowest BCUT2D eigenvalue weighted by Gasteiger charge is -2.29. The van der Waals surface area contributed by atoms with Crippen molar-refractivity contribution in [1.29, 1.82) is 0 Å². The first-order valence-corrected chi connectivity index (χ1v) is 9.35. The fourth-order valence-corrected chi connectivity index (χ4v) is 3.19. The molecule has 0 aromatic heterocycles. The summed E-state index contributed by atoms with van der Waals surface area (Å²) in [5.74, 6) is -0.990. The van der Waals surface area contributed by atoms with Crippen molar-refractivity contribution in [3.8, 4) is 11.5 Å². The topological polar surface area (TPSA) is 111 Å². The van der Waals surface area contributed by atoms with E-state index >= 15 is 0 Å². The molecule has 10 heteroatoms. The molecular weight excluding hydrogens is 430 g/mol. The van der Waals surface area contributed by atoms with Crippen molar-refractivity contribution in [1.82, 2.24) is 5.32 Å². The predicted molar refractivity (Wildman–Crippen MR) is 115 cm³/mol. The van der Waals surface area contributed by atoms with Gasteiger partial charge >= 0.3 is 0 Å². The number of methoxy groups -OCH3 is 1. The van der Waals surface area contributed by atoms with Crippen molar-refractivity contribution in [3.63, 3.8) is 0 Å². The number of hydrogen-bond acceptors (Lipinski definition) is 6. The summed E-state index contributed by atoms with van der Waals surface area (Å²) >= 11 is 11.3. The Labute approximate surface area is 182 Å². The SMILES string of the molecule is COc1ccc(N2C(=O)C(=Cc3ccc(OCC(N)=O)c(Cl)c3)C(=O)NC2=S)cc1. The molecule has 0 atom stereocenters. The van der Waals surface area contributed by atoms with Crippen LogP contribution in [0.3, 0.4) is 0 Å². The summed E-state index contributed by atoms with van der Waals surface area (Å²) in [5, 5.41) is 2.67. The fraction of sp³-hybridized carbons (Fsp3) is 0.100. The minimum Gasteiger partial charge on any atom is -0.497 e. The van der Waals surface area contributed by atoms with Crippen LogP contribution >= 0.6 is 23.8 Å². The van der Waals surface area contributed by atoms with Crippen LogP contribution in [-0.4, -0.2) is 36.6 Å². The molecule has 0 bridgehead atoms. The standard InChI is InChI=1S/C20H16ClN3O5S/c1-28-13-5-3-12(4-6-13)24-19(27)14(18(26)23-20(24)30)8-11-2-7-16(15(21)9-11)29-10-17(22)25/h2-9H,10H2,1H3,(H2,22,25)(H,23,26,30). The molecule has 1 saturated heterocycles. The monoisotopic (exact) mass is 445 g/mol. The maximum atomic E-state index is 13.0. The smallest absolute Gasteiger partial charge is 0.270 e. The van der Waals surface area contributed by atoms with Crippen molar-refractivity contribution in [2.24, 2.45) is 5.73 Å². The van der Waals surface area contributed by atoms with Crippen LogP contribution < -0.4 is 25.4 Å². The Hall–Kier alpha value is -3.43. The van der Waals surface area contributed by atoms with Gasteiger partial charge in [-0.3, -0.25) is 24.6 Å². The number of nitrogens with one attached hydrogen (secondary N) is 1. The number of ether oxygens (including phenoxy) is 2. The van der Waals surface area contributed by atoms with Crippen molar-refractivity contribution in [3.05, 3.63) is 58.6 Å². The number of nitrogens with two attached hydrogens (primary N) is 1. The first-order valence-electron chi connectivity index (χ1n) is 8.56. The molecule has 3 rings (SSSR count). The highest BCUT2D eigenvalue weighted by molar-refractivity contribution is 7.80. The molecule has 3 N–H and O–H groups in total. The number of halogens is 1. The molecule has 1 fully saturated rings. The highest BCUT2D eigenvalue weighted by Gasteiger charge is 2.34. The van der Waals surface area contributed by atoms with E-state index in [0.717, 1.165) is 0 Å². The van der Waals surface area contributed by atoms with Crippen molar-refractivity contribution < 1.29 is 23.9 Å². The van der Waals surface area contributed by atoms with Crippen molar-refractivity contribution in [2.45, 2.75) is 0 Å². The molecule has 154 valence electrons. The lowest BCUT2D eigenvalue weighted by molar-refractivity contribution is -0.122. The molecule has 1 aliphatic heterocycles. The Kier molecular flexibility index (Phi) is 6.34. The molecule has 2 aromatic carbocycles. The number of amides is 3. The molecule has 3 amide bonds. The lowest BCUT2D eigenvalue weighted by Crippen LogP contribution is -2.54. The quantitative estimate of drug-likeness (QED) is 0.400. The Morgan fingerprint density at radius 1 is 1.23 bits per heavy atom. The third-order valence-electron chi connectivity index (χ3n) is 4.07. The van der Waals surface area contributed by atoms with E-state index in [1.807, 2.05) is 0 Å². The van der Waals surface area contributed by atoms with Gasteiger partial charge in [-0.15, -0.1) is 0 Å². The van der Waals surface area contributed by atoms with Crippen molar-refractivity contribution >= 4 is 58.4 Å². The summed E-state index contributed by atoms with van der Waals surface area (Å²) in [5.41, 5.74) is 5.87. The van der Waals surface area contributed by atoms with E-state index in [1.165, 1.54) is 30.2 Å². The third-order valence-corrected chi connectivity index (χ3v) is 4.65. The van der Waals surface area contributed by atoms with Crippen LogP contribution in [0.15, 0.2) is 48.0 Å².